The molecule has 37 heavy (non-hydrogen) atoms. The molecule has 0 saturated carbocycles. The second-order valence-electron chi connectivity index (χ2n) is 8.68. The lowest BCUT2D eigenvalue weighted by atomic mass is 10.2. The van der Waals surface area contributed by atoms with Crippen LogP contribution in [0.2, 0.25) is 0 Å². The van der Waals surface area contributed by atoms with Crippen LogP contribution in [0.25, 0.3) is 0 Å². The molecule has 0 aromatic heterocycles. The molecule has 1 heterocycles. The molecule has 1 saturated heterocycles. The summed E-state index contributed by atoms with van der Waals surface area (Å²) in [5, 5.41) is 0. The molecular weight excluding hydrogens is 497 g/mol. The fraction of sp³-hybridized carbons (Fsp3) is 0.296. The predicted molar refractivity (Wildman–Crippen MR) is 140 cm³/mol. The monoisotopic (exact) mass is 527 g/mol. The number of carbonyl (C=O) groups is 1. The number of hydrogen-bond acceptors (Lipinski definition) is 6. The van der Waals surface area contributed by atoms with E-state index in [2.05, 4.69) is 0 Å². The van der Waals surface area contributed by atoms with Crippen molar-refractivity contribution in [1.82, 2.24) is 4.90 Å². The second kappa shape index (κ2) is 11.1. The molecule has 3 aromatic rings. The molecule has 3 aromatic carbocycles. The topological polar surface area (TPSA) is 79.4 Å². The van der Waals surface area contributed by atoms with Gasteiger partial charge >= 0.3 is 0 Å². The van der Waals surface area contributed by atoms with Crippen LogP contribution in [0, 0.1) is 12.7 Å². The maximum atomic E-state index is 14.2. The summed E-state index contributed by atoms with van der Waals surface area (Å²) in [4.78, 5) is 17.0. The molecule has 4 rings (SSSR count). The maximum absolute atomic E-state index is 14.2. The van der Waals surface area contributed by atoms with E-state index < -0.39 is 16.6 Å². The summed E-state index contributed by atoms with van der Waals surface area (Å²) in [6.07, 6.45) is 0. The number of hydrogen-bond donors (Lipinski definition) is 0. The van der Waals surface area contributed by atoms with Crippen molar-refractivity contribution in [2.24, 2.45) is 0 Å². The van der Waals surface area contributed by atoms with E-state index in [4.69, 9.17) is 9.47 Å². The first-order chi connectivity index (χ1) is 17.7. The number of ether oxygens (including phenoxy) is 2. The number of aryl methyl sites for hydroxylation is 1. The number of sulfonamides is 1. The summed E-state index contributed by atoms with van der Waals surface area (Å²) in [6.45, 7) is 2.99. The number of carbonyl (C=O) groups excluding carboxylic acids is 1. The Hall–Kier alpha value is -3.79. The van der Waals surface area contributed by atoms with E-state index >= 15 is 0 Å². The highest BCUT2D eigenvalue weighted by Crippen LogP contribution is 2.35. The van der Waals surface area contributed by atoms with Crippen molar-refractivity contribution in [2.75, 3.05) is 56.1 Å². The molecule has 1 amide bonds. The first-order valence-electron chi connectivity index (χ1n) is 11.8. The average molecular weight is 528 g/mol. The van der Waals surface area contributed by atoms with Gasteiger partial charge in [0.25, 0.3) is 10.0 Å². The van der Waals surface area contributed by atoms with Crippen LogP contribution in [0.3, 0.4) is 0 Å². The van der Waals surface area contributed by atoms with Gasteiger partial charge in [0.2, 0.25) is 5.91 Å². The largest absolute Gasteiger partial charge is 0.497 e. The van der Waals surface area contributed by atoms with Gasteiger partial charge in [-0.15, -0.1) is 0 Å². The van der Waals surface area contributed by atoms with E-state index in [-0.39, 0.29) is 28.1 Å². The lowest BCUT2D eigenvalue weighted by molar-refractivity contribution is -0.129. The molecule has 196 valence electrons. The lowest BCUT2D eigenvalue weighted by Crippen LogP contribution is -2.52. The first-order valence-corrected chi connectivity index (χ1v) is 13.3. The van der Waals surface area contributed by atoms with Crippen LogP contribution in [-0.2, 0) is 14.8 Å². The van der Waals surface area contributed by atoms with Gasteiger partial charge < -0.3 is 19.3 Å². The second-order valence-corrected chi connectivity index (χ2v) is 10.5. The molecule has 8 nitrogen and oxygen atoms in total. The Bertz CT molecular complexity index is 1360. The van der Waals surface area contributed by atoms with Gasteiger partial charge in [0.1, 0.15) is 23.9 Å². The summed E-state index contributed by atoms with van der Waals surface area (Å²) in [5.74, 6) is 0.0714. The van der Waals surface area contributed by atoms with Crippen LogP contribution in [0.15, 0.2) is 71.6 Å². The van der Waals surface area contributed by atoms with E-state index in [1.54, 1.807) is 53.4 Å². The Kier molecular flexibility index (Phi) is 7.87. The SMILES string of the molecule is COc1ccc(N(CC(=O)N2CCN(c3ccccc3F)CC2)S(=O)(=O)c2ccc(C)cc2)c(OC)c1. The lowest BCUT2D eigenvalue weighted by Gasteiger charge is -2.37. The van der Waals surface area contributed by atoms with Crippen molar-refractivity contribution in [3.8, 4) is 11.5 Å². The van der Waals surface area contributed by atoms with Crippen molar-refractivity contribution in [1.29, 1.82) is 0 Å². The normalized spacial score (nSPS) is 13.8. The van der Waals surface area contributed by atoms with Crippen LogP contribution in [-0.4, -0.2) is 66.2 Å². The minimum Gasteiger partial charge on any atom is -0.497 e. The highest BCUT2D eigenvalue weighted by atomic mass is 32.2. The molecule has 1 aliphatic rings. The zero-order chi connectivity index (χ0) is 26.6. The zero-order valence-electron chi connectivity index (χ0n) is 21.1. The molecule has 0 aliphatic carbocycles. The summed E-state index contributed by atoms with van der Waals surface area (Å²) < 4.78 is 53.6. The van der Waals surface area contributed by atoms with Crippen molar-refractivity contribution < 1.29 is 27.1 Å². The molecule has 10 heteroatoms. The van der Waals surface area contributed by atoms with Gasteiger partial charge in [-0.2, -0.15) is 0 Å². The highest BCUT2D eigenvalue weighted by molar-refractivity contribution is 7.92. The molecule has 0 spiro atoms. The molecule has 1 fully saturated rings. The quantitative estimate of drug-likeness (QED) is 0.445. The smallest absolute Gasteiger partial charge is 0.264 e. The van der Waals surface area contributed by atoms with Gasteiger partial charge in [0, 0.05) is 32.2 Å². The third kappa shape index (κ3) is 5.64. The van der Waals surface area contributed by atoms with E-state index in [1.165, 1.54) is 32.4 Å². The van der Waals surface area contributed by atoms with Gasteiger partial charge in [-0.05, 0) is 43.3 Å². The molecular formula is C27H30FN3O5S. The standard InChI is InChI=1S/C27H30FN3O5S/c1-20-8-11-22(12-9-20)37(33,34)31(25-13-10-21(35-2)18-26(25)36-3)19-27(32)30-16-14-29(15-17-30)24-7-5-4-6-23(24)28/h4-13,18H,14-17,19H2,1-3H3. The number of halogens is 1. The van der Waals surface area contributed by atoms with Gasteiger partial charge in [0.05, 0.1) is 30.5 Å². The number of anilines is 2. The molecule has 0 atom stereocenters. The summed E-state index contributed by atoms with van der Waals surface area (Å²) in [7, 11) is -1.18. The number of rotatable bonds is 8. The first kappa shape index (κ1) is 26.3. The van der Waals surface area contributed by atoms with Crippen molar-refractivity contribution in [2.45, 2.75) is 11.8 Å². The van der Waals surface area contributed by atoms with Gasteiger partial charge in [0.15, 0.2) is 0 Å². The van der Waals surface area contributed by atoms with Gasteiger partial charge in [-0.1, -0.05) is 29.8 Å². The average Bonchev–Trinajstić information content (AvgIpc) is 2.92. The van der Waals surface area contributed by atoms with Crippen molar-refractivity contribution in [3.05, 3.63) is 78.1 Å². The molecule has 0 radical (unpaired) electrons. The Morgan fingerprint density at radius 2 is 1.62 bits per heavy atom. The zero-order valence-corrected chi connectivity index (χ0v) is 21.9. The predicted octanol–water partition coefficient (Wildman–Crippen LogP) is 3.70. The van der Waals surface area contributed by atoms with Gasteiger partial charge in [-0.3, -0.25) is 9.10 Å². The minimum absolute atomic E-state index is 0.0631. The molecule has 0 bridgehead atoms. The third-order valence-electron chi connectivity index (χ3n) is 6.37. The van der Waals surface area contributed by atoms with Gasteiger partial charge in [-0.25, -0.2) is 12.8 Å². The highest BCUT2D eigenvalue weighted by Gasteiger charge is 2.32. The van der Waals surface area contributed by atoms with Crippen LogP contribution < -0.4 is 18.7 Å². The van der Waals surface area contributed by atoms with E-state index in [0.717, 1.165) is 9.87 Å². The van der Waals surface area contributed by atoms with Crippen LogP contribution in [0.5, 0.6) is 11.5 Å². The molecule has 0 N–H and O–H groups in total. The summed E-state index contributed by atoms with van der Waals surface area (Å²) in [6, 6.07) is 17.7. The Balaban J connectivity index is 1.61. The molecule has 0 unspecified atom stereocenters. The van der Waals surface area contributed by atoms with Crippen LogP contribution >= 0.6 is 0 Å². The van der Waals surface area contributed by atoms with Crippen molar-refractivity contribution >= 4 is 27.3 Å². The maximum Gasteiger partial charge on any atom is 0.264 e. The summed E-state index contributed by atoms with van der Waals surface area (Å²) in [5.41, 5.74) is 1.62. The Morgan fingerprint density at radius 1 is 0.946 bits per heavy atom. The van der Waals surface area contributed by atoms with Crippen LogP contribution in [0.4, 0.5) is 15.8 Å². The number of piperazine rings is 1. The number of nitrogens with zero attached hydrogens (tertiary/aromatic N) is 3. The number of amides is 1. The van der Waals surface area contributed by atoms with E-state index in [1.807, 2.05) is 11.8 Å². The van der Waals surface area contributed by atoms with Crippen LogP contribution in [0.1, 0.15) is 5.56 Å². The fourth-order valence-corrected chi connectivity index (χ4v) is 5.68. The fourth-order valence-electron chi connectivity index (χ4n) is 4.26. The number of para-hydroxylation sites is 1. The third-order valence-corrected chi connectivity index (χ3v) is 8.14. The Morgan fingerprint density at radius 3 is 2.24 bits per heavy atom. The molecule has 1 aliphatic heterocycles. The Labute approximate surface area is 216 Å². The van der Waals surface area contributed by atoms with E-state index in [9.17, 15) is 17.6 Å². The van der Waals surface area contributed by atoms with E-state index in [0.29, 0.717) is 37.6 Å². The van der Waals surface area contributed by atoms with Crippen molar-refractivity contribution in [3.63, 3.8) is 0 Å². The minimum atomic E-state index is -4.11. The number of benzene rings is 3. The number of methoxy groups -OCH3 is 2. The summed E-state index contributed by atoms with van der Waals surface area (Å²) >= 11 is 0.